The molecule has 114 valence electrons. The second kappa shape index (κ2) is 5.75. The molecule has 0 aliphatic carbocycles. The van der Waals surface area contributed by atoms with E-state index in [1.807, 2.05) is 44.2 Å². The van der Waals surface area contributed by atoms with Crippen LogP contribution in [0.15, 0.2) is 30.3 Å². The molecule has 1 atom stereocenters. The molecule has 2 aromatic heterocycles. The summed E-state index contributed by atoms with van der Waals surface area (Å²) in [6.45, 7) is 8.23. The number of H-pyrrole nitrogens is 1. The number of hydrogen-bond acceptors (Lipinski definition) is 4. The molecule has 0 amide bonds. The lowest BCUT2D eigenvalue weighted by molar-refractivity contribution is 0.525. The lowest BCUT2D eigenvalue weighted by Gasteiger charge is -2.21. The first-order valence-electron chi connectivity index (χ1n) is 7.56. The Bertz CT molecular complexity index is 737. The van der Waals surface area contributed by atoms with E-state index in [0.717, 1.165) is 34.2 Å². The topological polar surface area (TPSA) is 66.5 Å². The molecule has 2 heterocycles. The van der Waals surface area contributed by atoms with Crippen molar-refractivity contribution in [1.29, 1.82) is 0 Å². The van der Waals surface area contributed by atoms with Gasteiger partial charge in [0.1, 0.15) is 17.5 Å². The molecule has 22 heavy (non-hydrogen) atoms. The van der Waals surface area contributed by atoms with Crippen molar-refractivity contribution in [2.75, 3.05) is 5.32 Å². The molecule has 0 bridgehead atoms. The summed E-state index contributed by atoms with van der Waals surface area (Å²) >= 11 is 0. The van der Waals surface area contributed by atoms with Gasteiger partial charge in [0, 0.05) is 11.8 Å². The number of benzene rings is 1. The fourth-order valence-corrected chi connectivity index (χ4v) is 2.62. The Kier molecular flexibility index (Phi) is 3.79. The Hall–Kier alpha value is -2.43. The van der Waals surface area contributed by atoms with Crippen molar-refractivity contribution in [3.63, 3.8) is 0 Å². The highest BCUT2D eigenvalue weighted by molar-refractivity contribution is 5.74. The molecular formula is C17H21N5. The second-order valence-electron chi connectivity index (χ2n) is 5.95. The highest BCUT2D eigenvalue weighted by Crippen LogP contribution is 2.26. The first kappa shape index (κ1) is 14.5. The van der Waals surface area contributed by atoms with Gasteiger partial charge in [-0.15, -0.1) is 0 Å². The van der Waals surface area contributed by atoms with E-state index in [2.05, 4.69) is 34.1 Å². The zero-order valence-corrected chi connectivity index (χ0v) is 13.4. The van der Waals surface area contributed by atoms with Crippen LogP contribution in [0.1, 0.15) is 37.2 Å². The van der Waals surface area contributed by atoms with Crippen molar-refractivity contribution in [3.8, 4) is 0 Å². The van der Waals surface area contributed by atoms with Crippen LogP contribution in [0.3, 0.4) is 0 Å². The van der Waals surface area contributed by atoms with Gasteiger partial charge in [-0.2, -0.15) is 0 Å². The Morgan fingerprint density at radius 2 is 1.82 bits per heavy atom. The van der Waals surface area contributed by atoms with Crippen LogP contribution in [0.4, 0.5) is 5.82 Å². The van der Waals surface area contributed by atoms with Crippen molar-refractivity contribution in [2.45, 2.75) is 33.7 Å². The molecule has 0 saturated heterocycles. The van der Waals surface area contributed by atoms with E-state index < -0.39 is 0 Å². The summed E-state index contributed by atoms with van der Waals surface area (Å²) < 4.78 is 0. The highest BCUT2D eigenvalue weighted by atomic mass is 15.1. The number of nitrogens with zero attached hydrogens (tertiary/aromatic N) is 3. The molecular weight excluding hydrogens is 274 g/mol. The van der Waals surface area contributed by atoms with Crippen molar-refractivity contribution >= 4 is 16.9 Å². The second-order valence-corrected chi connectivity index (χ2v) is 5.95. The van der Waals surface area contributed by atoms with Crippen LogP contribution in [-0.2, 0) is 0 Å². The van der Waals surface area contributed by atoms with E-state index in [4.69, 9.17) is 4.98 Å². The Morgan fingerprint density at radius 1 is 1.05 bits per heavy atom. The molecule has 0 aliphatic rings. The number of aromatic amines is 1. The Morgan fingerprint density at radius 3 is 2.50 bits per heavy atom. The normalized spacial score (nSPS) is 12.8. The molecule has 0 spiro atoms. The van der Waals surface area contributed by atoms with Crippen molar-refractivity contribution in [2.24, 2.45) is 5.92 Å². The molecule has 5 heteroatoms. The predicted octanol–water partition coefficient (Wildman–Crippen LogP) is 3.78. The number of fused-ring (bicyclic) bond motifs is 1. The zero-order valence-electron chi connectivity index (χ0n) is 13.4. The van der Waals surface area contributed by atoms with Crippen LogP contribution in [0.2, 0.25) is 0 Å². The zero-order chi connectivity index (χ0) is 15.7. The van der Waals surface area contributed by atoms with E-state index in [-0.39, 0.29) is 6.04 Å². The van der Waals surface area contributed by atoms with Crippen LogP contribution in [0.5, 0.6) is 0 Å². The average Bonchev–Trinajstić information content (AvgIpc) is 2.86. The maximum absolute atomic E-state index is 4.71. The lowest BCUT2D eigenvalue weighted by Crippen LogP contribution is -2.19. The fourth-order valence-electron chi connectivity index (χ4n) is 2.62. The minimum atomic E-state index is 0.0705. The lowest BCUT2D eigenvalue weighted by atomic mass is 10.0. The summed E-state index contributed by atoms with van der Waals surface area (Å²) in [5, 5.41) is 3.49. The van der Waals surface area contributed by atoms with Gasteiger partial charge in [-0.3, -0.25) is 0 Å². The summed E-state index contributed by atoms with van der Waals surface area (Å²) in [5.74, 6) is 2.92. The molecule has 0 unspecified atom stereocenters. The molecule has 0 aliphatic heterocycles. The highest BCUT2D eigenvalue weighted by Gasteiger charge is 2.20. The first-order valence-corrected chi connectivity index (χ1v) is 7.56. The van der Waals surface area contributed by atoms with Gasteiger partial charge >= 0.3 is 0 Å². The van der Waals surface area contributed by atoms with E-state index >= 15 is 0 Å². The third-order valence-corrected chi connectivity index (χ3v) is 3.64. The standard InChI is InChI=1S/C17H21N5/c1-10(2)16(22-15-9-11(3)18-12(4)19-15)17-20-13-7-5-6-8-14(13)21-17/h5-10,16H,1-4H3,(H,20,21)(H,18,19,22)/t16-/m1/s1. The number of nitrogens with one attached hydrogen (secondary N) is 2. The van der Waals surface area contributed by atoms with Crippen LogP contribution in [0, 0.1) is 19.8 Å². The Balaban J connectivity index is 1.95. The van der Waals surface area contributed by atoms with Gasteiger partial charge in [0.05, 0.1) is 17.1 Å². The summed E-state index contributed by atoms with van der Waals surface area (Å²) in [6, 6.07) is 10.1. The van der Waals surface area contributed by atoms with Gasteiger partial charge < -0.3 is 10.3 Å². The number of imidazole rings is 1. The fraction of sp³-hybridized carbons (Fsp3) is 0.353. The summed E-state index contributed by atoms with van der Waals surface area (Å²) in [5.41, 5.74) is 3.00. The summed E-state index contributed by atoms with van der Waals surface area (Å²) in [4.78, 5) is 16.9. The molecule has 0 saturated carbocycles. The largest absolute Gasteiger partial charge is 0.360 e. The molecule has 2 N–H and O–H groups in total. The molecule has 3 rings (SSSR count). The predicted molar refractivity (Wildman–Crippen MR) is 88.8 cm³/mol. The minimum absolute atomic E-state index is 0.0705. The van der Waals surface area contributed by atoms with Gasteiger partial charge in [-0.25, -0.2) is 15.0 Å². The van der Waals surface area contributed by atoms with E-state index in [1.165, 1.54) is 0 Å². The number of hydrogen-bond donors (Lipinski definition) is 2. The quantitative estimate of drug-likeness (QED) is 0.768. The summed E-state index contributed by atoms with van der Waals surface area (Å²) in [7, 11) is 0. The van der Waals surface area contributed by atoms with E-state index in [1.54, 1.807) is 0 Å². The SMILES string of the molecule is Cc1cc(N[C@@H](c2nc3ccccc3[nH]2)C(C)C)nc(C)n1. The smallest absolute Gasteiger partial charge is 0.130 e. The van der Waals surface area contributed by atoms with Crippen molar-refractivity contribution in [1.82, 2.24) is 19.9 Å². The Labute approximate surface area is 130 Å². The number of para-hydroxylation sites is 2. The van der Waals surface area contributed by atoms with Crippen LogP contribution in [-0.4, -0.2) is 19.9 Å². The maximum atomic E-state index is 4.71. The number of aryl methyl sites for hydroxylation is 2. The van der Waals surface area contributed by atoms with E-state index in [9.17, 15) is 0 Å². The number of aromatic nitrogens is 4. The van der Waals surface area contributed by atoms with Gasteiger partial charge in [0.15, 0.2) is 0 Å². The van der Waals surface area contributed by atoms with Crippen molar-refractivity contribution < 1.29 is 0 Å². The van der Waals surface area contributed by atoms with Crippen LogP contribution in [0.25, 0.3) is 11.0 Å². The first-order chi connectivity index (χ1) is 10.5. The molecule has 3 aromatic rings. The van der Waals surface area contributed by atoms with Crippen molar-refractivity contribution in [3.05, 3.63) is 47.7 Å². The monoisotopic (exact) mass is 295 g/mol. The molecule has 0 fully saturated rings. The maximum Gasteiger partial charge on any atom is 0.130 e. The molecule has 0 radical (unpaired) electrons. The van der Waals surface area contributed by atoms with Gasteiger partial charge in [-0.05, 0) is 31.9 Å². The molecule has 5 nitrogen and oxygen atoms in total. The average molecular weight is 295 g/mol. The van der Waals surface area contributed by atoms with Gasteiger partial charge in [0.25, 0.3) is 0 Å². The third-order valence-electron chi connectivity index (χ3n) is 3.64. The van der Waals surface area contributed by atoms with Crippen LogP contribution < -0.4 is 5.32 Å². The third kappa shape index (κ3) is 2.93. The van der Waals surface area contributed by atoms with Gasteiger partial charge in [0.2, 0.25) is 0 Å². The minimum Gasteiger partial charge on any atom is -0.360 e. The number of rotatable bonds is 4. The molecule has 1 aromatic carbocycles. The van der Waals surface area contributed by atoms with Gasteiger partial charge in [-0.1, -0.05) is 26.0 Å². The summed E-state index contributed by atoms with van der Waals surface area (Å²) in [6.07, 6.45) is 0. The van der Waals surface area contributed by atoms with Crippen LogP contribution >= 0.6 is 0 Å². The number of anilines is 1. The van der Waals surface area contributed by atoms with E-state index in [0.29, 0.717) is 5.92 Å².